The van der Waals surface area contributed by atoms with Crippen LogP contribution in [0.3, 0.4) is 0 Å². The molecule has 0 aliphatic rings. The lowest BCUT2D eigenvalue weighted by Crippen LogP contribution is -2.35. The summed E-state index contributed by atoms with van der Waals surface area (Å²) in [5.74, 6) is 0.464. The molecule has 27 heavy (non-hydrogen) atoms. The Bertz CT molecular complexity index is 755. The second-order valence-corrected chi connectivity index (χ2v) is 6.06. The molecule has 1 atom stereocenters. The van der Waals surface area contributed by atoms with Gasteiger partial charge in [0.1, 0.15) is 11.8 Å². The first-order chi connectivity index (χ1) is 13.1. The van der Waals surface area contributed by atoms with Gasteiger partial charge >= 0.3 is 0 Å². The highest BCUT2D eigenvalue weighted by molar-refractivity contribution is 5.87. The fraction of sp³-hybridized carbons (Fsp3) is 0.333. The van der Waals surface area contributed by atoms with Gasteiger partial charge in [0, 0.05) is 18.8 Å². The normalized spacial score (nSPS) is 11.9. The van der Waals surface area contributed by atoms with E-state index in [9.17, 15) is 4.79 Å². The van der Waals surface area contributed by atoms with Gasteiger partial charge in [-0.05, 0) is 50.6 Å². The molecule has 0 unspecified atom stereocenters. The predicted molar refractivity (Wildman–Crippen MR) is 112 cm³/mol. The molecule has 1 amide bonds. The zero-order valence-corrected chi connectivity index (χ0v) is 16.4. The van der Waals surface area contributed by atoms with Gasteiger partial charge in [-0.25, -0.2) is 5.43 Å². The fourth-order valence-corrected chi connectivity index (χ4v) is 2.69. The number of hydrogen-bond acceptors (Lipinski definition) is 5. The van der Waals surface area contributed by atoms with E-state index >= 15 is 0 Å². The number of rotatable bonds is 9. The van der Waals surface area contributed by atoms with Crippen molar-refractivity contribution in [1.29, 1.82) is 0 Å². The third-order valence-electron chi connectivity index (χ3n) is 4.28. The van der Waals surface area contributed by atoms with Crippen molar-refractivity contribution in [3.63, 3.8) is 0 Å². The minimum absolute atomic E-state index is 0.225. The van der Waals surface area contributed by atoms with Crippen LogP contribution in [0.15, 0.2) is 53.6 Å². The number of hydrogen-bond donors (Lipinski definition) is 2. The Balaban J connectivity index is 1.90. The third kappa shape index (κ3) is 5.74. The molecule has 0 heterocycles. The molecule has 6 heteroatoms. The lowest BCUT2D eigenvalue weighted by molar-refractivity contribution is -0.121. The molecule has 2 rings (SSSR count). The summed E-state index contributed by atoms with van der Waals surface area (Å²) < 4.78 is 5.28. The summed E-state index contributed by atoms with van der Waals surface area (Å²) in [5, 5.41) is 7.18. The standard InChI is InChI=1S/C21H28N4O2/c1-5-25(6-2)18-13-11-17(12-14-18)15-22-24-21(26)16(3)23-19-9-7-8-10-20(19)27-4/h7-16,23H,5-6H2,1-4H3,(H,24,26)/b22-15-/t16-/m0/s1. The van der Waals surface area contributed by atoms with Crippen LogP contribution in [-0.4, -0.2) is 38.4 Å². The maximum Gasteiger partial charge on any atom is 0.262 e. The number of anilines is 2. The summed E-state index contributed by atoms with van der Waals surface area (Å²) in [6.07, 6.45) is 1.64. The van der Waals surface area contributed by atoms with E-state index in [4.69, 9.17) is 4.74 Å². The average molecular weight is 368 g/mol. The lowest BCUT2D eigenvalue weighted by Gasteiger charge is -2.20. The monoisotopic (exact) mass is 368 g/mol. The molecule has 0 fully saturated rings. The van der Waals surface area contributed by atoms with Gasteiger partial charge in [-0.3, -0.25) is 4.79 Å². The first kappa shape index (κ1) is 20.3. The van der Waals surface area contributed by atoms with Crippen LogP contribution in [0.2, 0.25) is 0 Å². The Hall–Kier alpha value is -3.02. The number of ether oxygens (including phenoxy) is 1. The summed E-state index contributed by atoms with van der Waals surface area (Å²) in [4.78, 5) is 14.5. The van der Waals surface area contributed by atoms with Crippen molar-refractivity contribution in [2.24, 2.45) is 5.10 Å². The van der Waals surface area contributed by atoms with Gasteiger partial charge in [-0.1, -0.05) is 24.3 Å². The minimum atomic E-state index is -0.455. The maximum atomic E-state index is 12.2. The minimum Gasteiger partial charge on any atom is -0.495 e. The van der Waals surface area contributed by atoms with E-state index in [0.29, 0.717) is 5.75 Å². The quantitative estimate of drug-likeness (QED) is 0.525. The van der Waals surface area contributed by atoms with Crippen molar-refractivity contribution in [2.45, 2.75) is 26.8 Å². The SMILES string of the molecule is CCN(CC)c1ccc(/C=N\NC(=O)[C@H](C)Nc2ccccc2OC)cc1. The molecule has 0 saturated heterocycles. The van der Waals surface area contributed by atoms with E-state index in [0.717, 1.165) is 24.3 Å². The summed E-state index contributed by atoms with van der Waals surface area (Å²) in [6.45, 7) is 7.98. The van der Waals surface area contributed by atoms with Crippen LogP contribution in [0.4, 0.5) is 11.4 Å². The molecule has 0 aliphatic heterocycles. The van der Waals surface area contributed by atoms with Crippen molar-refractivity contribution < 1.29 is 9.53 Å². The van der Waals surface area contributed by atoms with Crippen LogP contribution >= 0.6 is 0 Å². The molecule has 144 valence electrons. The first-order valence-corrected chi connectivity index (χ1v) is 9.16. The Kier molecular flexibility index (Phi) is 7.67. The highest BCUT2D eigenvalue weighted by Gasteiger charge is 2.13. The number of para-hydroxylation sites is 2. The van der Waals surface area contributed by atoms with Gasteiger partial charge in [-0.2, -0.15) is 5.10 Å². The van der Waals surface area contributed by atoms with Crippen LogP contribution in [0.5, 0.6) is 5.75 Å². The van der Waals surface area contributed by atoms with Crippen LogP contribution in [0.25, 0.3) is 0 Å². The van der Waals surface area contributed by atoms with Crippen molar-refractivity contribution in [3.8, 4) is 5.75 Å². The Morgan fingerprint density at radius 3 is 2.44 bits per heavy atom. The van der Waals surface area contributed by atoms with Crippen LogP contribution < -0.4 is 20.4 Å². The molecule has 2 aromatic carbocycles. The number of nitrogens with zero attached hydrogens (tertiary/aromatic N) is 2. The van der Waals surface area contributed by atoms with Crippen molar-refractivity contribution in [1.82, 2.24) is 5.43 Å². The van der Waals surface area contributed by atoms with E-state index in [1.165, 1.54) is 5.69 Å². The van der Waals surface area contributed by atoms with E-state index in [-0.39, 0.29) is 5.91 Å². The molecule has 0 bridgehead atoms. The lowest BCUT2D eigenvalue weighted by atomic mass is 10.2. The Morgan fingerprint density at radius 2 is 1.81 bits per heavy atom. The van der Waals surface area contributed by atoms with Gasteiger partial charge < -0.3 is 15.0 Å². The fourth-order valence-electron chi connectivity index (χ4n) is 2.69. The van der Waals surface area contributed by atoms with Crippen molar-refractivity contribution in [2.75, 3.05) is 30.4 Å². The maximum absolute atomic E-state index is 12.2. The van der Waals surface area contributed by atoms with Gasteiger partial charge in [0.05, 0.1) is 19.0 Å². The molecule has 0 saturated carbocycles. The van der Waals surface area contributed by atoms with Gasteiger partial charge in [0.15, 0.2) is 0 Å². The zero-order valence-electron chi connectivity index (χ0n) is 16.4. The number of carbonyl (C=O) groups is 1. The number of carbonyl (C=O) groups excluding carboxylic acids is 1. The largest absolute Gasteiger partial charge is 0.495 e. The molecule has 0 spiro atoms. The average Bonchev–Trinajstić information content (AvgIpc) is 2.70. The number of hydrazone groups is 1. The van der Waals surface area contributed by atoms with Crippen LogP contribution in [0, 0.1) is 0 Å². The summed E-state index contributed by atoms with van der Waals surface area (Å²) in [5.41, 5.74) is 5.43. The Labute approximate surface area is 161 Å². The first-order valence-electron chi connectivity index (χ1n) is 9.16. The summed E-state index contributed by atoms with van der Waals surface area (Å²) in [7, 11) is 1.60. The van der Waals surface area contributed by atoms with Crippen molar-refractivity contribution in [3.05, 3.63) is 54.1 Å². The third-order valence-corrected chi connectivity index (χ3v) is 4.28. The second-order valence-electron chi connectivity index (χ2n) is 6.06. The van der Waals surface area contributed by atoms with Crippen LogP contribution in [0.1, 0.15) is 26.3 Å². The Morgan fingerprint density at radius 1 is 1.15 bits per heavy atom. The van der Waals surface area contributed by atoms with Gasteiger partial charge in [-0.15, -0.1) is 0 Å². The highest BCUT2D eigenvalue weighted by atomic mass is 16.5. The molecule has 6 nitrogen and oxygen atoms in total. The predicted octanol–water partition coefficient (Wildman–Crippen LogP) is 3.49. The van der Waals surface area contributed by atoms with Crippen LogP contribution in [-0.2, 0) is 4.79 Å². The number of nitrogens with one attached hydrogen (secondary N) is 2. The van der Waals surface area contributed by atoms with Gasteiger partial charge in [0.25, 0.3) is 5.91 Å². The highest BCUT2D eigenvalue weighted by Crippen LogP contribution is 2.23. The molecule has 2 N–H and O–H groups in total. The summed E-state index contributed by atoms with van der Waals surface area (Å²) in [6, 6.07) is 15.1. The smallest absolute Gasteiger partial charge is 0.262 e. The van der Waals surface area contributed by atoms with E-state index < -0.39 is 6.04 Å². The molecular weight excluding hydrogens is 340 g/mol. The summed E-state index contributed by atoms with van der Waals surface area (Å²) >= 11 is 0. The number of benzene rings is 2. The molecule has 0 aromatic heterocycles. The topological polar surface area (TPSA) is 66.0 Å². The second kappa shape index (κ2) is 10.2. The number of amides is 1. The molecule has 0 radical (unpaired) electrons. The zero-order chi connectivity index (χ0) is 19.6. The molecular formula is C21H28N4O2. The number of methoxy groups -OCH3 is 1. The van der Waals surface area contributed by atoms with Gasteiger partial charge in [0.2, 0.25) is 0 Å². The van der Waals surface area contributed by atoms with E-state index in [2.05, 4.69) is 46.7 Å². The molecule has 2 aromatic rings. The van der Waals surface area contributed by atoms with E-state index in [1.54, 1.807) is 20.2 Å². The van der Waals surface area contributed by atoms with Crippen molar-refractivity contribution >= 4 is 23.5 Å². The molecule has 0 aliphatic carbocycles. The van der Waals surface area contributed by atoms with E-state index in [1.807, 2.05) is 36.4 Å².